The number of hydrogen-bond donors (Lipinski definition) is 0. The fourth-order valence-electron chi connectivity index (χ4n) is 11.2. The first-order valence-corrected chi connectivity index (χ1v) is 28.1. The maximum atomic E-state index is 15.7. The van der Waals surface area contributed by atoms with Crippen molar-refractivity contribution < 1.29 is 13.5 Å². The van der Waals surface area contributed by atoms with E-state index in [-0.39, 0.29) is 22.7 Å². The Morgan fingerprint density at radius 2 is 1.02 bits per heavy atom. The molecule has 1 aliphatic rings. The highest BCUT2D eigenvalue weighted by Crippen LogP contribution is 2.49. The summed E-state index contributed by atoms with van der Waals surface area (Å²) < 4.78 is 44.8. The van der Waals surface area contributed by atoms with E-state index in [2.05, 4.69) is 247 Å². The van der Waals surface area contributed by atoms with Gasteiger partial charge < -0.3 is 4.74 Å². The number of aromatic nitrogens is 2. The molecule has 2 aromatic heterocycles. The van der Waals surface area contributed by atoms with Crippen LogP contribution in [0.2, 0.25) is 0 Å². The molecule has 0 bridgehead atoms. The van der Waals surface area contributed by atoms with Gasteiger partial charge in [0.1, 0.15) is 29.0 Å². The van der Waals surface area contributed by atoms with Gasteiger partial charge in [-0.2, -0.15) is 0 Å². The zero-order chi connectivity index (χ0) is 56.5. The van der Waals surface area contributed by atoms with Crippen LogP contribution in [0.5, 0.6) is 11.5 Å². The topological polar surface area (TPSA) is 33.1 Å². The second-order valence-electron chi connectivity index (χ2n) is 24.2. The lowest BCUT2D eigenvalue weighted by Gasteiger charge is -2.23. The Balaban J connectivity index is 1.10. The number of nitrogens with zero attached hydrogens (tertiary/aromatic N) is 4. The molecule has 0 atom stereocenters. The summed E-state index contributed by atoms with van der Waals surface area (Å²) >= 11 is 0. The molecular weight excluding hydrogens is 999 g/mol. The highest BCUT2D eigenvalue weighted by atomic mass is 19.1. The number of pyridine rings is 1. The quantitative estimate of drug-likeness (QED) is 0.121. The number of rotatable bonds is 11. The van der Waals surface area contributed by atoms with Crippen molar-refractivity contribution >= 4 is 50.6 Å². The van der Waals surface area contributed by atoms with E-state index in [1.165, 1.54) is 28.8 Å². The van der Waals surface area contributed by atoms with Gasteiger partial charge in [-0.05, 0) is 148 Å². The third-order valence-corrected chi connectivity index (χ3v) is 15.8. The van der Waals surface area contributed by atoms with E-state index in [4.69, 9.17) is 9.72 Å². The maximum absolute atomic E-state index is 15.7. The zero-order valence-electron chi connectivity index (χ0n) is 47.7. The van der Waals surface area contributed by atoms with Gasteiger partial charge in [0, 0.05) is 47.3 Å². The molecule has 0 saturated carbocycles. The molecule has 11 aromatic rings. The Morgan fingerprint density at radius 3 is 1.67 bits per heavy atom. The van der Waals surface area contributed by atoms with Crippen molar-refractivity contribution in [1.82, 2.24) is 18.7 Å². The molecule has 0 fully saturated rings. The Bertz CT molecular complexity index is 4290. The summed E-state index contributed by atoms with van der Waals surface area (Å²) in [6.45, 7) is 22.1. The highest BCUT2D eigenvalue weighted by molar-refractivity contribution is 6.09. The Morgan fingerprint density at radius 1 is 0.457 bits per heavy atom. The van der Waals surface area contributed by atoms with Crippen molar-refractivity contribution in [3.8, 4) is 61.8 Å². The predicted octanol–water partition coefficient (Wildman–Crippen LogP) is 20.6. The van der Waals surface area contributed by atoms with Gasteiger partial charge in [0.05, 0.1) is 28.2 Å². The number of fused-ring (bicyclic) bond motifs is 4. The molecule has 400 valence electrons. The first kappa shape index (κ1) is 52.7. The standard InChI is InChI=1S/C74H66F2N4O/c1-46(2)51-32-52(47(3)4)34-54(33-51)65-39-57(74(8,9)10)40-66(55-35-58(75)42-59(76)36-55)72(65)79-45-78(68-22-16-17-23-69(68)79)60-37-53(50-26-24-49(25-27-50)48-18-12-11-13-19-48)38-62(43-60)81-61-28-29-64-63-20-14-15-21-67(63)80(70(64)44-61)71-41-56(30-31-77-71)73(5,6)7/h11-44,46-47H,1-10H3/q+2. The average molecular weight is 1070 g/mol. The Hall–Kier alpha value is -9.03. The van der Waals surface area contributed by atoms with E-state index in [0.29, 0.717) is 22.6 Å². The largest absolute Gasteiger partial charge is 0.503 e. The minimum Gasteiger partial charge on any atom is -0.457 e. The van der Waals surface area contributed by atoms with Crippen molar-refractivity contribution in [1.29, 1.82) is 0 Å². The summed E-state index contributed by atoms with van der Waals surface area (Å²) in [7, 11) is 0. The van der Waals surface area contributed by atoms with Gasteiger partial charge in [0.15, 0.2) is 0 Å². The lowest BCUT2D eigenvalue weighted by Crippen LogP contribution is -2.13. The van der Waals surface area contributed by atoms with Crippen LogP contribution in [0, 0.1) is 11.6 Å². The van der Waals surface area contributed by atoms with Crippen molar-refractivity contribution in [2.45, 2.75) is 91.9 Å². The van der Waals surface area contributed by atoms with Gasteiger partial charge in [0.2, 0.25) is 11.4 Å². The number of para-hydroxylation sites is 3. The van der Waals surface area contributed by atoms with Gasteiger partial charge in [-0.25, -0.2) is 13.8 Å². The van der Waals surface area contributed by atoms with Crippen molar-refractivity contribution in [2.24, 2.45) is 0 Å². The first-order valence-electron chi connectivity index (χ1n) is 28.1. The predicted molar refractivity (Wildman–Crippen MR) is 333 cm³/mol. The van der Waals surface area contributed by atoms with E-state index in [9.17, 15) is 0 Å². The molecule has 0 N–H and O–H groups in total. The molecule has 0 aliphatic carbocycles. The summed E-state index contributed by atoms with van der Waals surface area (Å²) in [4.78, 5) is 4.94. The van der Waals surface area contributed by atoms with Crippen LogP contribution in [0.3, 0.4) is 0 Å². The van der Waals surface area contributed by atoms with Crippen LogP contribution in [-0.4, -0.2) is 15.6 Å². The van der Waals surface area contributed by atoms with Gasteiger partial charge in [-0.3, -0.25) is 4.57 Å². The third kappa shape index (κ3) is 10.2. The average Bonchev–Trinajstić information content (AvgIpc) is 4.16. The number of hydrogen-bond acceptors (Lipinski definition) is 2. The summed E-state index contributed by atoms with van der Waals surface area (Å²) in [6.07, 6.45) is 1.90. The molecule has 7 heteroatoms. The van der Waals surface area contributed by atoms with E-state index >= 15 is 8.78 Å². The normalized spacial score (nSPS) is 12.6. The minimum absolute atomic E-state index is 0.0732. The number of halogens is 2. The molecule has 0 spiro atoms. The van der Waals surface area contributed by atoms with E-state index in [1.54, 1.807) is 0 Å². The SMILES string of the molecule is CC(C)c1cc(-c2cc(C(C)(C)C)cc(-c3cc(F)cc(F)c3)c2[N+]2=C=[N+](c3cc(Oc4ccc5c6ccccc6n(-c6cc(C(C)(C)C)ccn6)c5c4)cc(-c4ccc(-c5ccccc5)cc4)c3)c3ccccc32)cc(C(C)C)c1. The first-order chi connectivity index (χ1) is 38.8. The smallest absolute Gasteiger partial charge is 0.457 e. The second kappa shape index (κ2) is 20.6. The molecule has 9 aromatic carbocycles. The zero-order valence-corrected chi connectivity index (χ0v) is 47.7. The van der Waals surface area contributed by atoms with E-state index < -0.39 is 11.6 Å². The second-order valence-corrected chi connectivity index (χ2v) is 24.2. The van der Waals surface area contributed by atoms with Crippen molar-refractivity contribution in [3.63, 3.8) is 0 Å². The van der Waals surface area contributed by atoms with E-state index in [0.717, 1.165) is 95.4 Å². The Labute approximate surface area is 474 Å². The van der Waals surface area contributed by atoms with Crippen LogP contribution in [0.1, 0.15) is 103 Å². The molecule has 0 saturated heterocycles. The maximum Gasteiger partial charge on any atom is 0.503 e. The van der Waals surface area contributed by atoms with Crippen LogP contribution < -0.4 is 13.9 Å². The molecule has 0 radical (unpaired) electrons. The summed E-state index contributed by atoms with van der Waals surface area (Å²) in [5, 5.41) is 2.22. The molecule has 1 aliphatic heterocycles. The van der Waals surface area contributed by atoms with Crippen LogP contribution >= 0.6 is 0 Å². The fourth-order valence-corrected chi connectivity index (χ4v) is 11.2. The van der Waals surface area contributed by atoms with Gasteiger partial charge in [-0.1, -0.05) is 172 Å². The van der Waals surface area contributed by atoms with Crippen LogP contribution in [0.25, 0.3) is 72.1 Å². The molecule has 81 heavy (non-hydrogen) atoms. The monoisotopic (exact) mass is 1060 g/mol. The summed E-state index contributed by atoms with van der Waals surface area (Å²) in [6, 6.07) is 71.6. The third-order valence-electron chi connectivity index (χ3n) is 15.8. The number of benzene rings is 9. The van der Waals surface area contributed by atoms with Crippen molar-refractivity contribution in [2.75, 3.05) is 0 Å². The highest BCUT2D eigenvalue weighted by Gasteiger charge is 2.41. The lowest BCUT2D eigenvalue weighted by atomic mass is 9.81. The lowest BCUT2D eigenvalue weighted by molar-refractivity contribution is 0.483. The van der Waals surface area contributed by atoms with Gasteiger partial charge >= 0.3 is 6.01 Å². The molecule has 0 amide bonds. The van der Waals surface area contributed by atoms with Gasteiger partial charge in [0.25, 0.3) is 11.4 Å². The number of ether oxygens (including phenoxy) is 1. The van der Waals surface area contributed by atoms with Crippen molar-refractivity contribution in [3.05, 3.63) is 240 Å². The fraction of sp³-hybridized carbons (Fsp3) is 0.189. The Kier molecular flexibility index (Phi) is 13.4. The minimum atomic E-state index is -0.646. The molecular formula is C74H66F2N4O+2. The summed E-state index contributed by atoms with van der Waals surface area (Å²) in [5.41, 5.74) is 16.9. The van der Waals surface area contributed by atoms with Gasteiger partial charge in [-0.15, -0.1) is 0 Å². The van der Waals surface area contributed by atoms with Crippen LogP contribution in [0.4, 0.5) is 31.5 Å². The van der Waals surface area contributed by atoms with Crippen LogP contribution in [-0.2, 0) is 10.8 Å². The molecule has 0 unspecified atom stereocenters. The molecule has 3 heterocycles. The van der Waals surface area contributed by atoms with E-state index in [1.807, 2.05) is 30.5 Å². The molecule has 12 rings (SSSR count). The van der Waals surface area contributed by atoms with Crippen LogP contribution in [0.15, 0.2) is 206 Å². The summed E-state index contributed by atoms with van der Waals surface area (Å²) in [5.74, 6) is 1.34. The molecule has 5 nitrogen and oxygen atoms in total.